The maximum Gasteiger partial charge on any atom is 0.255 e. The molecular weight excluding hydrogens is 206 g/mol. The molecule has 0 bridgehead atoms. The lowest BCUT2D eigenvalue weighted by molar-refractivity contribution is -0.124. The number of hydrogen-bond acceptors (Lipinski definition) is 4. The Hall–Kier alpha value is -1.78. The molecule has 2 rings (SSSR count). The van der Waals surface area contributed by atoms with E-state index < -0.39 is 0 Å². The standard InChI is InChI=1S/C11H13N3O2/c1-8-7-14(5-3-10(8)15)11(16)9-2-4-12-13-6-9/h2,4,6,8H,3,5,7H2,1H3. The van der Waals surface area contributed by atoms with Crippen molar-refractivity contribution in [2.45, 2.75) is 13.3 Å². The quantitative estimate of drug-likeness (QED) is 0.691. The zero-order valence-electron chi connectivity index (χ0n) is 9.09. The fourth-order valence-electron chi connectivity index (χ4n) is 1.80. The van der Waals surface area contributed by atoms with Crippen molar-refractivity contribution >= 4 is 11.7 Å². The number of likely N-dealkylation sites (tertiary alicyclic amines) is 1. The number of piperidine rings is 1. The summed E-state index contributed by atoms with van der Waals surface area (Å²) in [5.41, 5.74) is 0.525. The Morgan fingerprint density at radius 3 is 2.94 bits per heavy atom. The van der Waals surface area contributed by atoms with E-state index in [1.165, 1.54) is 12.4 Å². The summed E-state index contributed by atoms with van der Waals surface area (Å²) in [6.07, 6.45) is 3.39. The van der Waals surface area contributed by atoms with Gasteiger partial charge < -0.3 is 4.90 Å². The van der Waals surface area contributed by atoms with E-state index in [9.17, 15) is 9.59 Å². The van der Waals surface area contributed by atoms with Crippen molar-refractivity contribution in [1.82, 2.24) is 15.1 Å². The lowest BCUT2D eigenvalue weighted by atomic mass is 9.98. The molecule has 0 N–H and O–H groups in total. The summed E-state index contributed by atoms with van der Waals surface area (Å²) in [4.78, 5) is 25.0. The van der Waals surface area contributed by atoms with Crippen molar-refractivity contribution in [3.63, 3.8) is 0 Å². The minimum absolute atomic E-state index is 0.0625. The summed E-state index contributed by atoms with van der Waals surface area (Å²) in [5, 5.41) is 7.30. The van der Waals surface area contributed by atoms with Gasteiger partial charge in [0.2, 0.25) is 0 Å². The van der Waals surface area contributed by atoms with Crippen LogP contribution in [0.15, 0.2) is 18.5 Å². The zero-order chi connectivity index (χ0) is 11.5. The summed E-state index contributed by atoms with van der Waals surface area (Å²) >= 11 is 0. The minimum Gasteiger partial charge on any atom is -0.337 e. The summed E-state index contributed by atoms with van der Waals surface area (Å²) in [6.45, 7) is 2.86. The summed E-state index contributed by atoms with van der Waals surface area (Å²) < 4.78 is 0. The molecule has 1 fully saturated rings. The molecule has 16 heavy (non-hydrogen) atoms. The van der Waals surface area contributed by atoms with Crippen molar-refractivity contribution in [3.05, 3.63) is 24.0 Å². The molecule has 1 amide bonds. The molecule has 1 aromatic heterocycles. The van der Waals surface area contributed by atoms with Gasteiger partial charge in [-0.2, -0.15) is 10.2 Å². The van der Waals surface area contributed by atoms with Crippen LogP contribution in [0.25, 0.3) is 0 Å². The van der Waals surface area contributed by atoms with E-state index in [1.807, 2.05) is 6.92 Å². The molecule has 0 aromatic carbocycles. The van der Waals surface area contributed by atoms with Crippen LogP contribution in [0.1, 0.15) is 23.7 Å². The molecule has 0 spiro atoms. The van der Waals surface area contributed by atoms with E-state index in [0.29, 0.717) is 25.1 Å². The molecule has 1 atom stereocenters. The van der Waals surface area contributed by atoms with Crippen LogP contribution in [0.2, 0.25) is 0 Å². The molecular formula is C11H13N3O2. The molecule has 0 radical (unpaired) electrons. The van der Waals surface area contributed by atoms with Crippen LogP contribution in [-0.4, -0.2) is 39.9 Å². The normalized spacial score (nSPS) is 20.9. The van der Waals surface area contributed by atoms with Crippen LogP contribution in [0.5, 0.6) is 0 Å². The van der Waals surface area contributed by atoms with Crippen LogP contribution in [0.4, 0.5) is 0 Å². The fraction of sp³-hybridized carbons (Fsp3) is 0.455. The van der Waals surface area contributed by atoms with E-state index >= 15 is 0 Å². The predicted molar refractivity (Wildman–Crippen MR) is 56.7 cm³/mol. The van der Waals surface area contributed by atoms with E-state index in [0.717, 1.165) is 0 Å². The maximum absolute atomic E-state index is 12.0. The SMILES string of the molecule is CC1CN(C(=O)c2ccnnc2)CCC1=O. The second-order valence-electron chi connectivity index (χ2n) is 4.00. The van der Waals surface area contributed by atoms with Gasteiger partial charge in [0.15, 0.2) is 0 Å². The maximum atomic E-state index is 12.0. The average Bonchev–Trinajstić information content (AvgIpc) is 2.33. The van der Waals surface area contributed by atoms with Gasteiger partial charge in [-0.25, -0.2) is 0 Å². The number of rotatable bonds is 1. The highest BCUT2D eigenvalue weighted by atomic mass is 16.2. The third kappa shape index (κ3) is 2.08. The minimum atomic E-state index is -0.0748. The number of hydrogen-bond donors (Lipinski definition) is 0. The van der Waals surface area contributed by atoms with Crippen LogP contribution in [-0.2, 0) is 4.79 Å². The first-order valence-corrected chi connectivity index (χ1v) is 5.27. The lowest BCUT2D eigenvalue weighted by Gasteiger charge is -2.29. The first-order chi connectivity index (χ1) is 7.68. The van der Waals surface area contributed by atoms with Gasteiger partial charge in [0.1, 0.15) is 5.78 Å². The first kappa shape index (κ1) is 10.7. The number of amides is 1. The van der Waals surface area contributed by atoms with Crippen LogP contribution in [0, 0.1) is 5.92 Å². The van der Waals surface area contributed by atoms with Crippen LogP contribution in [0.3, 0.4) is 0 Å². The number of Topliss-reactive ketones (excluding diaryl/α,β-unsaturated/α-hetero) is 1. The summed E-state index contributed by atoms with van der Waals surface area (Å²) in [6, 6.07) is 1.64. The highest BCUT2D eigenvalue weighted by Crippen LogP contribution is 2.14. The third-order valence-corrected chi connectivity index (χ3v) is 2.79. The number of aromatic nitrogens is 2. The molecule has 2 heterocycles. The number of nitrogens with zero attached hydrogens (tertiary/aromatic N) is 3. The number of ketones is 1. The van der Waals surface area contributed by atoms with Gasteiger partial charge >= 0.3 is 0 Å². The Balaban J connectivity index is 2.09. The Bertz CT molecular complexity index is 405. The van der Waals surface area contributed by atoms with Crippen molar-refractivity contribution in [2.75, 3.05) is 13.1 Å². The van der Waals surface area contributed by atoms with E-state index in [1.54, 1.807) is 11.0 Å². The average molecular weight is 219 g/mol. The predicted octanol–water partition coefficient (Wildman–Crippen LogP) is 0.528. The Kier molecular flexibility index (Phi) is 2.94. The molecule has 1 aliphatic rings. The molecule has 0 aliphatic carbocycles. The fourth-order valence-corrected chi connectivity index (χ4v) is 1.80. The molecule has 84 valence electrons. The van der Waals surface area contributed by atoms with Gasteiger partial charge in [-0.1, -0.05) is 6.92 Å². The van der Waals surface area contributed by atoms with E-state index in [4.69, 9.17) is 0 Å². The third-order valence-electron chi connectivity index (χ3n) is 2.79. The monoisotopic (exact) mass is 219 g/mol. The van der Waals surface area contributed by atoms with Gasteiger partial charge in [0, 0.05) is 25.4 Å². The number of carbonyl (C=O) groups is 2. The second kappa shape index (κ2) is 4.38. The topological polar surface area (TPSA) is 63.2 Å². The number of carbonyl (C=O) groups excluding carboxylic acids is 2. The Morgan fingerprint density at radius 2 is 2.31 bits per heavy atom. The van der Waals surface area contributed by atoms with Crippen LogP contribution < -0.4 is 0 Å². The largest absolute Gasteiger partial charge is 0.337 e. The highest BCUT2D eigenvalue weighted by molar-refractivity contribution is 5.95. The van der Waals surface area contributed by atoms with Gasteiger partial charge in [0.05, 0.1) is 18.0 Å². The molecule has 1 saturated heterocycles. The second-order valence-corrected chi connectivity index (χ2v) is 4.00. The first-order valence-electron chi connectivity index (χ1n) is 5.27. The molecule has 5 heteroatoms. The van der Waals surface area contributed by atoms with Gasteiger partial charge in [-0.05, 0) is 6.07 Å². The van der Waals surface area contributed by atoms with Crippen molar-refractivity contribution in [3.8, 4) is 0 Å². The summed E-state index contributed by atoms with van der Waals surface area (Å²) in [7, 11) is 0. The highest BCUT2D eigenvalue weighted by Gasteiger charge is 2.27. The van der Waals surface area contributed by atoms with Crippen molar-refractivity contribution in [1.29, 1.82) is 0 Å². The molecule has 5 nitrogen and oxygen atoms in total. The zero-order valence-corrected chi connectivity index (χ0v) is 9.09. The van der Waals surface area contributed by atoms with Crippen molar-refractivity contribution < 1.29 is 9.59 Å². The molecule has 0 saturated carbocycles. The summed E-state index contributed by atoms with van der Waals surface area (Å²) in [5.74, 6) is 0.0960. The van der Waals surface area contributed by atoms with Crippen LogP contribution >= 0.6 is 0 Å². The van der Waals surface area contributed by atoms with Crippen molar-refractivity contribution in [2.24, 2.45) is 5.92 Å². The Morgan fingerprint density at radius 1 is 1.50 bits per heavy atom. The van der Waals surface area contributed by atoms with Gasteiger partial charge in [-0.3, -0.25) is 9.59 Å². The van der Waals surface area contributed by atoms with Gasteiger partial charge in [-0.15, -0.1) is 0 Å². The molecule has 1 unspecified atom stereocenters. The Labute approximate surface area is 93.5 Å². The van der Waals surface area contributed by atoms with E-state index in [-0.39, 0.29) is 17.6 Å². The van der Waals surface area contributed by atoms with E-state index in [2.05, 4.69) is 10.2 Å². The molecule has 1 aromatic rings. The van der Waals surface area contributed by atoms with Gasteiger partial charge in [0.25, 0.3) is 5.91 Å². The molecule has 1 aliphatic heterocycles. The smallest absolute Gasteiger partial charge is 0.255 e. The lowest BCUT2D eigenvalue weighted by Crippen LogP contribution is -2.43.